The van der Waals surface area contributed by atoms with Crippen LogP contribution in [0.4, 0.5) is 0 Å². The fraction of sp³-hybridized carbons (Fsp3) is 0.440. The second kappa shape index (κ2) is 6.47. The monoisotopic (exact) mass is 374 g/mol. The predicted molar refractivity (Wildman–Crippen MR) is 115 cm³/mol. The van der Waals surface area contributed by atoms with Crippen LogP contribution in [0.25, 0.3) is 10.9 Å². The lowest BCUT2D eigenvalue weighted by molar-refractivity contribution is -0.115. The van der Waals surface area contributed by atoms with Gasteiger partial charge in [0.2, 0.25) is 0 Å². The lowest BCUT2D eigenvalue weighted by Crippen LogP contribution is -2.50. The number of nitrogens with zero attached hydrogens (tertiary/aromatic N) is 2. The zero-order chi connectivity index (χ0) is 19.4. The molecule has 2 heterocycles. The Morgan fingerprint density at radius 3 is 2.29 bits per heavy atom. The number of hydrogen-bond acceptors (Lipinski definition) is 2. The van der Waals surface area contributed by atoms with E-state index in [0.717, 1.165) is 38.7 Å². The summed E-state index contributed by atoms with van der Waals surface area (Å²) in [5.74, 6) is 0. The molecule has 3 nitrogen and oxygen atoms in total. The van der Waals surface area contributed by atoms with Crippen molar-refractivity contribution in [2.45, 2.75) is 43.2 Å². The van der Waals surface area contributed by atoms with Gasteiger partial charge in [0.25, 0.3) is 0 Å². The molecule has 28 heavy (non-hydrogen) atoms. The Balaban J connectivity index is 1.57. The quantitative estimate of drug-likeness (QED) is 0.630. The number of fused-ring (bicyclic) bond motifs is 4. The number of benzene rings is 2. The van der Waals surface area contributed by atoms with E-state index >= 15 is 0 Å². The third-order valence-corrected chi connectivity index (χ3v) is 7.43. The maximum absolute atomic E-state index is 6.61. The summed E-state index contributed by atoms with van der Waals surface area (Å²) in [6, 6.07) is 19.9. The Hall–Kier alpha value is -2.10. The van der Waals surface area contributed by atoms with Gasteiger partial charge < -0.3 is 9.30 Å². The molecule has 1 aliphatic heterocycles. The second-order valence-corrected chi connectivity index (χ2v) is 8.79. The number of hydrogen-bond donors (Lipinski definition) is 0. The molecule has 0 amide bonds. The first kappa shape index (κ1) is 18.0. The van der Waals surface area contributed by atoms with Crippen LogP contribution in [0.2, 0.25) is 0 Å². The number of para-hydroxylation sites is 1. The van der Waals surface area contributed by atoms with Crippen molar-refractivity contribution in [1.29, 1.82) is 0 Å². The zero-order valence-electron chi connectivity index (χ0n) is 17.2. The molecule has 0 saturated heterocycles. The number of rotatable bonds is 2. The molecule has 0 bridgehead atoms. The van der Waals surface area contributed by atoms with Gasteiger partial charge in [-0.15, -0.1) is 0 Å². The van der Waals surface area contributed by atoms with Crippen molar-refractivity contribution < 1.29 is 4.74 Å². The summed E-state index contributed by atoms with van der Waals surface area (Å²) in [6.07, 6.45) is 5.39. The largest absolute Gasteiger partial charge is 0.368 e. The van der Waals surface area contributed by atoms with Gasteiger partial charge in [0, 0.05) is 23.5 Å². The molecule has 0 N–H and O–H groups in total. The van der Waals surface area contributed by atoms with Crippen molar-refractivity contribution >= 4 is 10.9 Å². The van der Waals surface area contributed by atoms with Gasteiger partial charge >= 0.3 is 0 Å². The van der Waals surface area contributed by atoms with Gasteiger partial charge in [-0.1, -0.05) is 48.5 Å². The minimum absolute atomic E-state index is 0.0953. The van der Waals surface area contributed by atoms with Gasteiger partial charge in [-0.3, -0.25) is 4.90 Å². The fourth-order valence-corrected chi connectivity index (χ4v) is 5.91. The first-order valence-corrected chi connectivity index (χ1v) is 10.5. The lowest BCUT2D eigenvalue weighted by atomic mass is 9.68. The average Bonchev–Trinajstić information content (AvgIpc) is 3.03. The van der Waals surface area contributed by atoms with Gasteiger partial charge in [0.1, 0.15) is 5.60 Å². The summed E-state index contributed by atoms with van der Waals surface area (Å²) in [4.78, 5) is 2.43. The first-order chi connectivity index (χ1) is 13.6. The van der Waals surface area contributed by atoms with Crippen LogP contribution >= 0.6 is 0 Å². The normalized spacial score (nSPS) is 27.4. The first-order valence-electron chi connectivity index (χ1n) is 10.5. The van der Waals surface area contributed by atoms with Crippen molar-refractivity contribution in [2.24, 2.45) is 7.05 Å². The molecule has 1 aromatic heterocycles. The van der Waals surface area contributed by atoms with E-state index in [-0.39, 0.29) is 11.1 Å². The smallest absolute Gasteiger partial charge is 0.108 e. The van der Waals surface area contributed by atoms with Crippen LogP contribution in [0.1, 0.15) is 42.5 Å². The number of ether oxygens (including phenoxy) is 1. The van der Waals surface area contributed by atoms with E-state index < -0.39 is 0 Å². The molecule has 2 aliphatic rings. The van der Waals surface area contributed by atoms with Crippen LogP contribution in [0.5, 0.6) is 0 Å². The lowest BCUT2D eigenvalue weighted by Gasteiger charge is -2.51. The van der Waals surface area contributed by atoms with E-state index in [0.29, 0.717) is 0 Å². The molecule has 1 spiro atoms. The third-order valence-electron chi connectivity index (χ3n) is 7.43. The summed E-state index contributed by atoms with van der Waals surface area (Å²) in [6.45, 7) is 0.835. The van der Waals surface area contributed by atoms with E-state index in [1.165, 1.54) is 27.7 Å². The summed E-state index contributed by atoms with van der Waals surface area (Å²) in [5.41, 5.74) is 5.67. The van der Waals surface area contributed by atoms with E-state index in [2.05, 4.69) is 85.2 Å². The SMILES string of the molecule is CN(C)C1(c2ccccc2)CCC2(CC1)OCCc1c2n(C)c2ccccc12. The Morgan fingerprint density at radius 1 is 0.893 bits per heavy atom. The van der Waals surface area contributed by atoms with Gasteiger partial charge in [0.15, 0.2) is 0 Å². The topological polar surface area (TPSA) is 17.4 Å². The molecule has 3 aromatic rings. The summed E-state index contributed by atoms with van der Waals surface area (Å²) >= 11 is 0. The second-order valence-electron chi connectivity index (χ2n) is 8.79. The van der Waals surface area contributed by atoms with Gasteiger partial charge in [0.05, 0.1) is 12.3 Å². The molecule has 146 valence electrons. The van der Waals surface area contributed by atoms with Gasteiger partial charge in [-0.05, 0) is 63.4 Å². The molecule has 2 aromatic carbocycles. The van der Waals surface area contributed by atoms with Crippen molar-refractivity contribution in [3.63, 3.8) is 0 Å². The third kappa shape index (κ3) is 2.42. The highest BCUT2D eigenvalue weighted by Gasteiger charge is 2.49. The highest BCUT2D eigenvalue weighted by molar-refractivity contribution is 5.86. The number of aryl methyl sites for hydroxylation is 1. The van der Waals surface area contributed by atoms with Crippen LogP contribution in [0.3, 0.4) is 0 Å². The van der Waals surface area contributed by atoms with Crippen LogP contribution in [0.15, 0.2) is 54.6 Å². The minimum Gasteiger partial charge on any atom is -0.368 e. The average molecular weight is 375 g/mol. The molecule has 3 heteroatoms. The zero-order valence-corrected chi connectivity index (χ0v) is 17.2. The molecule has 0 radical (unpaired) electrons. The Morgan fingerprint density at radius 2 is 1.57 bits per heavy atom. The van der Waals surface area contributed by atoms with Crippen molar-refractivity contribution in [2.75, 3.05) is 20.7 Å². The van der Waals surface area contributed by atoms with Crippen molar-refractivity contribution in [3.8, 4) is 0 Å². The van der Waals surface area contributed by atoms with E-state index in [9.17, 15) is 0 Å². The van der Waals surface area contributed by atoms with Crippen LogP contribution < -0.4 is 0 Å². The maximum Gasteiger partial charge on any atom is 0.108 e. The Labute approximate surface area is 167 Å². The van der Waals surface area contributed by atoms with E-state index in [4.69, 9.17) is 4.74 Å². The summed E-state index contributed by atoms with van der Waals surface area (Å²) in [5, 5.41) is 1.41. The predicted octanol–water partition coefficient (Wildman–Crippen LogP) is 4.98. The Kier molecular flexibility index (Phi) is 4.15. The van der Waals surface area contributed by atoms with Crippen LogP contribution in [-0.4, -0.2) is 30.2 Å². The molecule has 1 fully saturated rings. The van der Waals surface area contributed by atoms with Crippen molar-refractivity contribution in [3.05, 3.63) is 71.4 Å². The number of aromatic nitrogens is 1. The molecule has 1 saturated carbocycles. The van der Waals surface area contributed by atoms with Crippen LogP contribution in [0, 0.1) is 0 Å². The van der Waals surface area contributed by atoms with Gasteiger partial charge in [-0.25, -0.2) is 0 Å². The van der Waals surface area contributed by atoms with E-state index in [1.54, 1.807) is 0 Å². The fourth-order valence-electron chi connectivity index (χ4n) is 5.91. The van der Waals surface area contributed by atoms with Crippen LogP contribution in [-0.2, 0) is 29.3 Å². The van der Waals surface area contributed by atoms with Gasteiger partial charge in [-0.2, -0.15) is 0 Å². The molecular weight excluding hydrogens is 344 g/mol. The summed E-state index contributed by atoms with van der Waals surface area (Å²) in [7, 11) is 6.69. The summed E-state index contributed by atoms with van der Waals surface area (Å²) < 4.78 is 9.02. The minimum atomic E-state index is -0.143. The standard InChI is InChI=1S/C25H30N2O/c1-26(2)24(19-9-5-4-6-10-19)14-16-25(17-15-24)23-21(13-18-28-25)20-11-7-8-12-22(20)27(23)3/h4-12H,13-18H2,1-3H3. The highest BCUT2D eigenvalue weighted by atomic mass is 16.5. The molecule has 1 aliphatic carbocycles. The molecule has 0 atom stereocenters. The highest BCUT2D eigenvalue weighted by Crippen LogP contribution is 2.53. The van der Waals surface area contributed by atoms with E-state index in [1.807, 2.05) is 0 Å². The Bertz CT molecular complexity index is 994. The molecular formula is C25H30N2O. The van der Waals surface area contributed by atoms with Crippen molar-refractivity contribution in [1.82, 2.24) is 9.47 Å². The maximum atomic E-state index is 6.61. The molecule has 5 rings (SSSR count). The molecule has 0 unspecified atom stereocenters.